The van der Waals surface area contributed by atoms with Gasteiger partial charge in [-0.3, -0.25) is 9.69 Å². The zero-order chi connectivity index (χ0) is 9.84. The van der Waals surface area contributed by atoms with Gasteiger partial charge in [0.25, 0.3) is 0 Å². The number of allylic oxidation sites excluding steroid dienone is 1. The highest BCUT2D eigenvalue weighted by Gasteiger charge is 2.25. The molecule has 0 aromatic carbocycles. The van der Waals surface area contributed by atoms with Crippen LogP contribution in [-0.4, -0.2) is 48.4 Å². The Bertz CT molecular complexity index is 213. The van der Waals surface area contributed by atoms with Crippen LogP contribution in [0, 0.1) is 0 Å². The average molecular weight is 182 g/mol. The van der Waals surface area contributed by atoms with Crippen LogP contribution in [0.4, 0.5) is 0 Å². The largest absolute Gasteiger partial charge is 0.343 e. The van der Waals surface area contributed by atoms with Gasteiger partial charge < -0.3 is 4.90 Å². The fourth-order valence-electron chi connectivity index (χ4n) is 1.55. The summed E-state index contributed by atoms with van der Waals surface area (Å²) in [5.74, 6) is 0.225. The van der Waals surface area contributed by atoms with E-state index in [1.165, 1.54) is 0 Å². The molecule has 1 aliphatic heterocycles. The van der Waals surface area contributed by atoms with Crippen LogP contribution < -0.4 is 0 Å². The highest BCUT2D eigenvalue weighted by Crippen LogP contribution is 2.08. The number of carbonyl (C=O) groups excluding carboxylic acids is 1. The predicted molar refractivity (Wildman–Crippen MR) is 53.5 cm³/mol. The summed E-state index contributed by atoms with van der Waals surface area (Å²) >= 11 is 0. The third-order valence-electron chi connectivity index (χ3n) is 2.50. The molecule has 0 bridgehead atoms. The number of hydrogen-bond acceptors (Lipinski definition) is 2. The molecule has 1 amide bonds. The van der Waals surface area contributed by atoms with Crippen LogP contribution in [-0.2, 0) is 4.79 Å². The molecule has 3 heteroatoms. The van der Waals surface area contributed by atoms with Crippen molar-refractivity contribution in [2.45, 2.75) is 19.9 Å². The molecule has 1 heterocycles. The quantitative estimate of drug-likeness (QED) is 0.588. The zero-order valence-corrected chi connectivity index (χ0v) is 8.66. The molecular formula is C10H18N2O. The van der Waals surface area contributed by atoms with Gasteiger partial charge in [0.2, 0.25) is 5.91 Å². The van der Waals surface area contributed by atoms with Gasteiger partial charge in [0.15, 0.2) is 0 Å². The van der Waals surface area contributed by atoms with Crippen LogP contribution in [0.1, 0.15) is 13.8 Å². The van der Waals surface area contributed by atoms with Gasteiger partial charge in [-0.1, -0.05) is 12.2 Å². The van der Waals surface area contributed by atoms with E-state index in [1.54, 1.807) is 4.90 Å². The summed E-state index contributed by atoms with van der Waals surface area (Å²) < 4.78 is 0. The highest BCUT2D eigenvalue weighted by molar-refractivity contribution is 5.78. The molecule has 0 spiro atoms. The number of rotatable bonds is 2. The Morgan fingerprint density at radius 2 is 2.31 bits per heavy atom. The van der Waals surface area contributed by atoms with Crippen molar-refractivity contribution in [3.8, 4) is 0 Å². The van der Waals surface area contributed by atoms with Crippen molar-refractivity contribution in [2.75, 3.05) is 26.7 Å². The molecule has 1 rings (SSSR count). The lowest BCUT2D eigenvalue weighted by atomic mass is 10.2. The summed E-state index contributed by atoms with van der Waals surface area (Å²) in [5.41, 5.74) is 0. The molecule has 1 fully saturated rings. The Morgan fingerprint density at radius 1 is 1.62 bits per heavy atom. The van der Waals surface area contributed by atoms with Crippen molar-refractivity contribution in [3.05, 3.63) is 12.2 Å². The summed E-state index contributed by atoms with van der Waals surface area (Å²) in [6, 6.07) is 0.471. The third-order valence-corrected chi connectivity index (χ3v) is 2.50. The van der Waals surface area contributed by atoms with E-state index < -0.39 is 0 Å². The molecule has 0 N–H and O–H groups in total. The van der Waals surface area contributed by atoms with Gasteiger partial charge in [-0.05, 0) is 13.8 Å². The maximum absolute atomic E-state index is 11.4. The Hall–Kier alpha value is -0.830. The number of likely N-dealkylation sites (N-methyl/N-ethyl adjacent to an activating group) is 1. The lowest BCUT2D eigenvalue weighted by Gasteiger charge is -2.37. The standard InChI is InChI=1S/C10H18N2O/c1-4-5-6-12-8-10(13)11(3)7-9(12)2/h4-5,9H,6-8H2,1-3H3/b5-4+. The predicted octanol–water partition coefficient (Wildman–Crippen LogP) is 0.725. The molecule has 13 heavy (non-hydrogen) atoms. The SMILES string of the molecule is C/C=C/CN1CC(=O)N(C)CC1C. The monoisotopic (exact) mass is 182 g/mol. The Labute approximate surface area is 80.0 Å². The first kappa shape index (κ1) is 10.3. The number of piperazine rings is 1. The van der Waals surface area contributed by atoms with E-state index in [4.69, 9.17) is 0 Å². The topological polar surface area (TPSA) is 23.6 Å². The molecule has 0 aromatic rings. The molecule has 74 valence electrons. The second-order valence-corrected chi connectivity index (χ2v) is 3.62. The number of hydrogen-bond donors (Lipinski definition) is 0. The Morgan fingerprint density at radius 3 is 2.92 bits per heavy atom. The lowest BCUT2D eigenvalue weighted by molar-refractivity contribution is -0.136. The molecule has 0 radical (unpaired) electrons. The molecule has 0 aromatic heterocycles. The first-order valence-corrected chi connectivity index (χ1v) is 4.74. The molecule has 1 aliphatic rings. The van der Waals surface area contributed by atoms with Crippen molar-refractivity contribution in [1.82, 2.24) is 9.80 Å². The van der Waals surface area contributed by atoms with Crippen molar-refractivity contribution in [3.63, 3.8) is 0 Å². The average Bonchev–Trinajstić information content (AvgIpc) is 2.09. The molecular weight excluding hydrogens is 164 g/mol. The first-order valence-electron chi connectivity index (χ1n) is 4.74. The van der Waals surface area contributed by atoms with E-state index in [0.717, 1.165) is 13.1 Å². The van der Waals surface area contributed by atoms with E-state index in [-0.39, 0.29) is 5.91 Å². The minimum atomic E-state index is 0.225. The molecule has 1 saturated heterocycles. The van der Waals surface area contributed by atoms with Crippen LogP contribution >= 0.6 is 0 Å². The van der Waals surface area contributed by atoms with Gasteiger partial charge >= 0.3 is 0 Å². The van der Waals surface area contributed by atoms with E-state index in [9.17, 15) is 4.79 Å². The van der Waals surface area contributed by atoms with Crippen LogP contribution in [0.25, 0.3) is 0 Å². The summed E-state index contributed by atoms with van der Waals surface area (Å²) in [4.78, 5) is 15.4. The van der Waals surface area contributed by atoms with Gasteiger partial charge in [-0.2, -0.15) is 0 Å². The fourth-order valence-corrected chi connectivity index (χ4v) is 1.55. The van der Waals surface area contributed by atoms with Gasteiger partial charge in [-0.25, -0.2) is 0 Å². The highest BCUT2D eigenvalue weighted by atomic mass is 16.2. The van der Waals surface area contributed by atoms with Gasteiger partial charge in [-0.15, -0.1) is 0 Å². The van der Waals surface area contributed by atoms with E-state index in [1.807, 2.05) is 20.0 Å². The molecule has 0 saturated carbocycles. The summed E-state index contributed by atoms with van der Waals surface area (Å²) in [5, 5.41) is 0. The molecule has 1 atom stereocenters. The van der Waals surface area contributed by atoms with Gasteiger partial charge in [0, 0.05) is 26.2 Å². The van der Waals surface area contributed by atoms with Crippen molar-refractivity contribution in [1.29, 1.82) is 0 Å². The van der Waals surface area contributed by atoms with E-state index in [2.05, 4.69) is 17.9 Å². The smallest absolute Gasteiger partial charge is 0.236 e. The van der Waals surface area contributed by atoms with Crippen molar-refractivity contribution in [2.24, 2.45) is 0 Å². The van der Waals surface area contributed by atoms with Crippen molar-refractivity contribution >= 4 is 5.91 Å². The minimum absolute atomic E-state index is 0.225. The summed E-state index contributed by atoms with van der Waals surface area (Å²) in [6.07, 6.45) is 4.12. The third kappa shape index (κ3) is 2.56. The zero-order valence-electron chi connectivity index (χ0n) is 8.66. The Kier molecular flexibility index (Phi) is 3.48. The number of amides is 1. The number of nitrogens with zero attached hydrogens (tertiary/aromatic N) is 2. The maximum atomic E-state index is 11.4. The molecule has 1 unspecified atom stereocenters. The second-order valence-electron chi connectivity index (χ2n) is 3.62. The van der Waals surface area contributed by atoms with Gasteiger partial charge in [0.1, 0.15) is 0 Å². The van der Waals surface area contributed by atoms with Crippen molar-refractivity contribution < 1.29 is 4.79 Å². The van der Waals surface area contributed by atoms with Crippen LogP contribution in [0.2, 0.25) is 0 Å². The van der Waals surface area contributed by atoms with Crippen LogP contribution in [0.15, 0.2) is 12.2 Å². The van der Waals surface area contributed by atoms with Crippen LogP contribution in [0.5, 0.6) is 0 Å². The lowest BCUT2D eigenvalue weighted by Crippen LogP contribution is -2.53. The van der Waals surface area contributed by atoms with Gasteiger partial charge in [0.05, 0.1) is 6.54 Å². The minimum Gasteiger partial charge on any atom is -0.343 e. The normalized spacial score (nSPS) is 25.9. The fraction of sp³-hybridized carbons (Fsp3) is 0.700. The number of carbonyl (C=O) groups is 1. The maximum Gasteiger partial charge on any atom is 0.236 e. The summed E-state index contributed by atoms with van der Waals surface area (Å²) in [7, 11) is 1.87. The molecule has 3 nitrogen and oxygen atoms in total. The summed E-state index contributed by atoms with van der Waals surface area (Å²) in [6.45, 7) is 6.45. The Balaban J connectivity index is 2.51. The van der Waals surface area contributed by atoms with E-state index >= 15 is 0 Å². The van der Waals surface area contributed by atoms with E-state index in [0.29, 0.717) is 12.6 Å². The van der Waals surface area contributed by atoms with Crippen LogP contribution in [0.3, 0.4) is 0 Å². The first-order chi connectivity index (χ1) is 6.15. The molecule has 0 aliphatic carbocycles. The second kappa shape index (κ2) is 4.42.